The smallest absolute Gasteiger partial charge is 0.300 e. The normalized spacial score (nSPS) is 9.77. The van der Waals surface area contributed by atoms with Crippen LogP contribution in [-0.2, 0) is 4.79 Å². The van der Waals surface area contributed by atoms with E-state index < -0.39 is 5.97 Å². The van der Waals surface area contributed by atoms with Crippen molar-refractivity contribution in [1.82, 2.24) is 9.80 Å². The Labute approximate surface area is 81.1 Å². The summed E-state index contributed by atoms with van der Waals surface area (Å²) >= 11 is 0. The minimum Gasteiger partial charge on any atom is -0.481 e. The summed E-state index contributed by atoms with van der Waals surface area (Å²) < 4.78 is 0. The minimum atomic E-state index is -0.833. The summed E-state index contributed by atoms with van der Waals surface area (Å²) in [6, 6.07) is 0. The third-order valence-electron chi connectivity index (χ3n) is 1.21. The molecule has 13 heavy (non-hydrogen) atoms. The predicted molar refractivity (Wildman–Crippen MR) is 55.0 cm³/mol. The maximum atomic E-state index is 9.00. The molecule has 0 aromatic rings. The lowest BCUT2D eigenvalue weighted by Gasteiger charge is -2.12. The van der Waals surface area contributed by atoms with Crippen molar-refractivity contribution in [3.63, 3.8) is 0 Å². The van der Waals surface area contributed by atoms with Crippen LogP contribution < -0.4 is 0 Å². The van der Waals surface area contributed by atoms with Crippen LogP contribution in [0.2, 0.25) is 0 Å². The molecule has 0 unspecified atom stereocenters. The van der Waals surface area contributed by atoms with Crippen molar-refractivity contribution >= 4 is 5.97 Å². The number of carboxylic acids is 1. The van der Waals surface area contributed by atoms with Crippen LogP contribution in [0.1, 0.15) is 13.3 Å². The van der Waals surface area contributed by atoms with Gasteiger partial charge in [-0.25, -0.2) is 0 Å². The predicted octanol–water partition coefficient (Wildman–Crippen LogP) is 0.591. The largest absolute Gasteiger partial charge is 0.481 e. The van der Waals surface area contributed by atoms with E-state index in [1.54, 1.807) is 0 Å². The van der Waals surface area contributed by atoms with E-state index in [1.807, 2.05) is 0 Å². The highest BCUT2D eigenvalue weighted by Gasteiger charge is 1.90. The van der Waals surface area contributed by atoms with Gasteiger partial charge in [-0.1, -0.05) is 0 Å². The fraction of sp³-hybridized carbons (Fsp3) is 0.889. The summed E-state index contributed by atoms with van der Waals surface area (Å²) in [5.41, 5.74) is 0. The number of nitrogens with zero attached hydrogens (tertiary/aromatic N) is 2. The number of hydrogen-bond acceptors (Lipinski definition) is 3. The van der Waals surface area contributed by atoms with Gasteiger partial charge < -0.3 is 14.9 Å². The summed E-state index contributed by atoms with van der Waals surface area (Å²) in [5, 5.41) is 7.42. The van der Waals surface area contributed by atoms with E-state index in [9.17, 15) is 0 Å². The molecule has 0 spiro atoms. The average Bonchev–Trinajstić information content (AvgIpc) is 1.83. The molecule has 4 nitrogen and oxygen atoms in total. The highest BCUT2D eigenvalue weighted by molar-refractivity contribution is 5.62. The van der Waals surface area contributed by atoms with Crippen LogP contribution in [0.3, 0.4) is 0 Å². The van der Waals surface area contributed by atoms with E-state index in [2.05, 4.69) is 38.0 Å². The molecule has 0 bridgehead atoms. The quantitative estimate of drug-likeness (QED) is 0.704. The highest BCUT2D eigenvalue weighted by atomic mass is 16.4. The molecule has 0 rings (SSSR count). The van der Waals surface area contributed by atoms with Crippen molar-refractivity contribution in [3.05, 3.63) is 0 Å². The molecule has 0 aromatic heterocycles. The monoisotopic (exact) mass is 190 g/mol. The molecular weight excluding hydrogens is 168 g/mol. The second-order valence-electron chi connectivity index (χ2n) is 3.48. The highest BCUT2D eigenvalue weighted by Crippen LogP contribution is 1.84. The first kappa shape index (κ1) is 14.9. The second kappa shape index (κ2) is 9.48. The molecule has 0 heterocycles. The number of rotatable bonds is 4. The maximum absolute atomic E-state index is 9.00. The summed E-state index contributed by atoms with van der Waals surface area (Å²) in [4.78, 5) is 13.4. The molecule has 80 valence electrons. The molecule has 0 aromatic carbocycles. The van der Waals surface area contributed by atoms with Gasteiger partial charge in [-0.15, -0.1) is 0 Å². The van der Waals surface area contributed by atoms with Crippen LogP contribution >= 0.6 is 0 Å². The van der Waals surface area contributed by atoms with Gasteiger partial charge in [-0.2, -0.15) is 0 Å². The minimum absolute atomic E-state index is 0.833. The van der Waals surface area contributed by atoms with E-state index >= 15 is 0 Å². The Morgan fingerprint density at radius 2 is 1.31 bits per heavy atom. The Kier molecular flexibility index (Phi) is 10.9. The first-order valence-electron chi connectivity index (χ1n) is 4.35. The summed E-state index contributed by atoms with van der Waals surface area (Å²) in [5.74, 6) is -0.833. The Bertz CT molecular complexity index is 113. The average molecular weight is 190 g/mol. The van der Waals surface area contributed by atoms with Crippen LogP contribution in [-0.4, -0.2) is 62.2 Å². The molecule has 0 aliphatic rings. The van der Waals surface area contributed by atoms with Crippen molar-refractivity contribution in [2.75, 3.05) is 41.3 Å². The molecule has 0 aliphatic carbocycles. The SMILES string of the molecule is CC(=O)O.CN(C)CCCN(C)C. The van der Waals surface area contributed by atoms with Gasteiger partial charge in [0.2, 0.25) is 0 Å². The van der Waals surface area contributed by atoms with Gasteiger partial charge in [-0.05, 0) is 47.7 Å². The van der Waals surface area contributed by atoms with Crippen LogP contribution in [0.4, 0.5) is 0 Å². The second-order valence-corrected chi connectivity index (χ2v) is 3.48. The van der Waals surface area contributed by atoms with Gasteiger partial charge in [0.15, 0.2) is 0 Å². The van der Waals surface area contributed by atoms with E-state index in [0.717, 1.165) is 6.92 Å². The lowest BCUT2D eigenvalue weighted by molar-refractivity contribution is -0.134. The topological polar surface area (TPSA) is 43.8 Å². The first-order valence-corrected chi connectivity index (χ1v) is 4.35. The van der Waals surface area contributed by atoms with Gasteiger partial charge in [0.1, 0.15) is 0 Å². The Hall–Kier alpha value is -0.610. The summed E-state index contributed by atoms with van der Waals surface area (Å²) in [6.45, 7) is 3.47. The van der Waals surface area contributed by atoms with E-state index in [4.69, 9.17) is 9.90 Å². The van der Waals surface area contributed by atoms with E-state index in [-0.39, 0.29) is 0 Å². The van der Waals surface area contributed by atoms with Crippen LogP contribution in [0.25, 0.3) is 0 Å². The summed E-state index contributed by atoms with van der Waals surface area (Å²) in [6.07, 6.45) is 1.26. The maximum Gasteiger partial charge on any atom is 0.300 e. The third-order valence-corrected chi connectivity index (χ3v) is 1.21. The molecule has 0 radical (unpaired) electrons. The standard InChI is InChI=1S/C7H18N2.C2H4O2/c1-8(2)6-5-7-9(3)4;1-2(3)4/h5-7H2,1-4H3;1H3,(H,3,4). The first-order chi connectivity index (χ1) is 5.86. The fourth-order valence-electron chi connectivity index (χ4n) is 0.703. The van der Waals surface area contributed by atoms with E-state index in [1.165, 1.54) is 19.5 Å². The molecule has 1 N–H and O–H groups in total. The van der Waals surface area contributed by atoms with Gasteiger partial charge in [0.05, 0.1) is 0 Å². The van der Waals surface area contributed by atoms with Crippen molar-refractivity contribution in [1.29, 1.82) is 0 Å². The van der Waals surface area contributed by atoms with Gasteiger partial charge >= 0.3 is 0 Å². The third kappa shape index (κ3) is 34.6. The molecular formula is C9H22N2O2. The number of carbonyl (C=O) groups is 1. The molecule has 0 fully saturated rings. The Balaban J connectivity index is 0. The molecule has 4 heteroatoms. The zero-order chi connectivity index (χ0) is 10.9. The lowest BCUT2D eigenvalue weighted by atomic mass is 10.4. The Morgan fingerprint density at radius 3 is 1.46 bits per heavy atom. The van der Waals surface area contributed by atoms with Crippen molar-refractivity contribution in [3.8, 4) is 0 Å². The van der Waals surface area contributed by atoms with Gasteiger partial charge in [0, 0.05) is 6.92 Å². The van der Waals surface area contributed by atoms with Crippen LogP contribution in [0.15, 0.2) is 0 Å². The van der Waals surface area contributed by atoms with Crippen LogP contribution in [0, 0.1) is 0 Å². The van der Waals surface area contributed by atoms with Crippen molar-refractivity contribution < 1.29 is 9.90 Å². The van der Waals surface area contributed by atoms with Crippen molar-refractivity contribution in [2.45, 2.75) is 13.3 Å². The molecule has 0 amide bonds. The molecule has 0 saturated carbocycles. The van der Waals surface area contributed by atoms with Gasteiger partial charge in [-0.3, -0.25) is 4.79 Å². The number of aliphatic carboxylic acids is 1. The van der Waals surface area contributed by atoms with E-state index in [0.29, 0.717) is 0 Å². The molecule has 0 aliphatic heterocycles. The molecule has 0 saturated heterocycles. The zero-order valence-electron chi connectivity index (χ0n) is 9.37. The number of carboxylic acid groups (broad SMARTS) is 1. The van der Waals surface area contributed by atoms with Gasteiger partial charge in [0.25, 0.3) is 5.97 Å². The molecule has 0 atom stereocenters. The fourth-order valence-corrected chi connectivity index (χ4v) is 0.703. The number of hydrogen-bond donors (Lipinski definition) is 1. The van der Waals surface area contributed by atoms with Crippen LogP contribution in [0.5, 0.6) is 0 Å². The summed E-state index contributed by atoms with van der Waals surface area (Å²) in [7, 11) is 8.43. The Morgan fingerprint density at radius 1 is 1.08 bits per heavy atom. The van der Waals surface area contributed by atoms with Crippen molar-refractivity contribution in [2.24, 2.45) is 0 Å². The lowest BCUT2D eigenvalue weighted by Crippen LogP contribution is -2.20. The zero-order valence-corrected chi connectivity index (χ0v) is 9.37.